The number of hydrogen-bond acceptors (Lipinski definition) is 3. The summed E-state index contributed by atoms with van der Waals surface area (Å²) in [5, 5.41) is 10.1. The lowest BCUT2D eigenvalue weighted by Gasteiger charge is -2.37. The van der Waals surface area contributed by atoms with E-state index in [0.29, 0.717) is 6.54 Å². The van der Waals surface area contributed by atoms with Crippen molar-refractivity contribution in [3.05, 3.63) is 41.5 Å². The van der Waals surface area contributed by atoms with E-state index in [1.54, 1.807) is 0 Å². The van der Waals surface area contributed by atoms with E-state index in [0.717, 1.165) is 45.3 Å². The van der Waals surface area contributed by atoms with Crippen molar-refractivity contribution in [3.8, 4) is 0 Å². The molecule has 1 aliphatic heterocycles. The Bertz CT molecular complexity index is 501. The average Bonchev–Trinajstić information content (AvgIpc) is 2.90. The molecule has 0 saturated carbocycles. The zero-order chi connectivity index (χ0) is 14.0. The molecule has 3 nitrogen and oxygen atoms in total. The number of fused-ring (bicyclic) bond motifs is 1. The van der Waals surface area contributed by atoms with Crippen LogP contribution in [0.25, 0.3) is 5.57 Å². The van der Waals surface area contributed by atoms with Crippen molar-refractivity contribution in [2.75, 3.05) is 26.2 Å². The van der Waals surface area contributed by atoms with E-state index in [9.17, 15) is 5.11 Å². The number of nitrogens with zero attached hydrogens (tertiary/aromatic N) is 1. The van der Waals surface area contributed by atoms with Gasteiger partial charge in [0.05, 0.1) is 5.60 Å². The molecule has 0 aromatic heterocycles. The summed E-state index contributed by atoms with van der Waals surface area (Å²) in [5.74, 6) is 0. The lowest BCUT2D eigenvalue weighted by Crippen LogP contribution is -2.48. The summed E-state index contributed by atoms with van der Waals surface area (Å²) in [6.07, 6.45) is 6.17. The molecule has 3 heteroatoms. The maximum Gasteiger partial charge on any atom is 0.0793 e. The minimum Gasteiger partial charge on any atom is -0.388 e. The highest BCUT2D eigenvalue weighted by Gasteiger charge is 2.30. The molecule has 3 rings (SSSR count). The van der Waals surface area contributed by atoms with Crippen molar-refractivity contribution in [2.24, 2.45) is 5.73 Å². The Balaban J connectivity index is 1.52. The fourth-order valence-electron chi connectivity index (χ4n) is 3.27. The molecule has 0 radical (unpaired) electrons. The van der Waals surface area contributed by atoms with E-state index in [1.807, 2.05) is 0 Å². The zero-order valence-electron chi connectivity index (χ0n) is 12.0. The predicted molar refractivity (Wildman–Crippen MR) is 82.4 cm³/mol. The van der Waals surface area contributed by atoms with Gasteiger partial charge in [-0.3, -0.25) is 0 Å². The molecule has 0 unspecified atom stereocenters. The van der Waals surface area contributed by atoms with Crippen molar-refractivity contribution in [2.45, 2.75) is 31.3 Å². The molecule has 1 fully saturated rings. The Hall–Kier alpha value is -1.16. The van der Waals surface area contributed by atoms with Crippen LogP contribution >= 0.6 is 0 Å². The first kappa shape index (κ1) is 13.8. The predicted octanol–water partition coefficient (Wildman–Crippen LogP) is 1.80. The molecule has 1 aromatic rings. The summed E-state index contributed by atoms with van der Waals surface area (Å²) in [6.45, 7) is 3.39. The number of likely N-dealkylation sites (tertiary alicyclic amines) is 1. The molecular weight excluding hydrogens is 248 g/mol. The van der Waals surface area contributed by atoms with Crippen molar-refractivity contribution in [1.82, 2.24) is 4.90 Å². The van der Waals surface area contributed by atoms with E-state index < -0.39 is 5.60 Å². The second kappa shape index (κ2) is 5.68. The fourth-order valence-corrected chi connectivity index (χ4v) is 3.27. The smallest absolute Gasteiger partial charge is 0.0793 e. The average molecular weight is 272 g/mol. The van der Waals surface area contributed by atoms with Gasteiger partial charge in [-0.2, -0.15) is 0 Å². The first-order chi connectivity index (χ1) is 9.70. The minimum atomic E-state index is -0.615. The standard InChI is InChI=1S/C17H24N2O/c18-13-17(20)8-11-19(12-9-17)10-7-15-6-5-14-3-1-2-4-16(14)15/h1-4,6,20H,5,7-13,18H2. The van der Waals surface area contributed by atoms with Gasteiger partial charge < -0.3 is 15.7 Å². The summed E-state index contributed by atoms with van der Waals surface area (Å²) in [6, 6.07) is 8.70. The quantitative estimate of drug-likeness (QED) is 0.879. The maximum absolute atomic E-state index is 10.1. The van der Waals surface area contributed by atoms with Gasteiger partial charge in [0.15, 0.2) is 0 Å². The van der Waals surface area contributed by atoms with Gasteiger partial charge in [0.2, 0.25) is 0 Å². The van der Waals surface area contributed by atoms with Crippen LogP contribution in [0.3, 0.4) is 0 Å². The zero-order valence-corrected chi connectivity index (χ0v) is 12.0. The number of piperidine rings is 1. The number of nitrogens with two attached hydrogens (primary N) is 1. The van der Waals surface area contributed by atoms with Gasteiger partial charge in [-0.25, -0.2) is 0 Å². The third-order valence-corrected chi connectivity index (χ3v) is 4.80. The number of rotatable bonds is 4. The molecule has 1 aliphatic carbocycles. The number of hydrogen-bond donors (Lipinski definition) is 2. The number of aliphatic hydroxyl groups is 1. The Morgan fingerprint density at radius 1 is 1.20 bits per heavy atom. The van der Waals surface area contributed by atoms with E-state index >= 15 is 0 Å². The third-order valence-electron chi connectivity index (χ3n) is 4.80. The van der Waals surface area contributed by atoms with Crippen LogP contribution in [-0.4, -0.2) is 41.8 Å². The molecule has 0 bridgehead atoms. The minimum absolute atomic E-state index is 0.388. The Morgan fingerprint density at radius 3 is 2.70 bits per heavy atom. The summed E-state index contributed by atoms with van der Waals surface area (Å²) >= 11 is 0. The lowest BCUT2D eigenvalue weighted by molar-refractivity contribution is -0.0128. The Labute approximate surface area is 121 Å². The molecule has 2 aliphatic rings. The van der Waals surface area contributed by atoms with Crippen LogP contribution in [0.5, 0.6) is 0 Å². The molecule has 1 heterocycles. The molecule has 108 valence electrons. The fraction of sp³-hybridized carbons (Fsp3) is 0.529. The summed E-state index contributed by atoms with van der Waals surface area (Å²) in [7, 11) is 0. The summed E-state index contributed by atoms with van der Waals surface area (Å²) in [4.78, 5) is 2.45. The normalized spacial score (nSPS) is 21.6. The van der Waals surface area contributed by atoms with Crippen LogP contribution in [0, 0.1) is 0 Å². The Kier molecular flexibility index (Phi) is 3.92. The highest BCUT2D eigenvalue weighted by molar-refractivity contribution is 5.72. The molecule has 0 atom stereocenters. The van der Waals surface area contributed by atoms with Crippen LogP contribution in [0.1, 0.15) is 30.4 Å². The van der Waals surface area contributed by atoms with Gasteiger partial charge in [-0.15, -0.1) is 0 Å². The highest BCUT2D eigenvalue weighted by atomic mass is 16.3. The summed E-state index contributed by atoms with van der Waals surface area (Å²) in [5.41, 5.74) is 9.39. The van der Waals surface area contributed by atoms with Crippen molar-refractivity contribution >= 4 is 5.57 Å². The molecular formula is C17H24N2O. The SMILES string of the molecule is NCC1(O)CCN(CCC2=CCc3ccccc32)CC1. The van der Waals surface area contributed by atoms with Crippen LogP contribution in [0.15, 0.2) is 30.3 Å². The van der Waals surface area contributed by atoms with E-state index in [-0.39, 0.29) is 0 Å². The third kappa shape index (κ3) is 2.80. The van der Waals surface area contributed by atoms with Gasteiger partial charge in [0.25, 0.3) is 0 Å². The van der Waals surface area contributed by atoms with E-state index in [2.05, 4.69) is 35.2 Å². The molecule has 20 heavy (non-hydrogen) atoms. The summed E-state index contributed by atoms with van der Waals surface area (Å²) < 4.78 is 0. The molecule has 0 spiro atoms. The molecule has 0 amide bonds. The monoisotopic (exact) mass is 272 g/mol. The van der Waals surface area contributed by atoms with Crippen LogP contribution in [-0.2, 0) is 6.42 Å². The molecule has 1 saturated heterocycles. The molecule has 3 N–H and O–H groups in total. The first-order valence-corrected chi connectivity index (χ1v) is 7.62. The van der Waals surface area contributed by atoms with Gasteiger partial charge in [0, 0.05) is 26.2 Å². The second-order valence-corrected chi connectivity index (χ2v) is 6.11. The maximum atomic E-state index is 10.1. The first-order valence-electron chi connectivity index (χ1n) is 7.62. The van der Waals surface area contributed by atoms with Gasteiger partial charge >= 0.3 is 0 Å². The van der Waals surface area contributed by atoms with Crippen LogP contribution in [0.4, 0.5) is 0 Å². The van der Waals surface area contributed by atoms with Gasteiger partial charge in [-0.1, -0.05) is 30.3 Å². The highest BCUT2D eigenvalue weighted by Crippen LogP contribution is 2.30. The van der Waals surface area contributed by atoms with Gasteiger partial charge in [0.1, 0.15) is 0 Å². The topological polar surface area (TPSA) is 49.5 Å². The number of benzene rings is 1. The van der Waals surface area contributed by atoms with E-state index in [4.69, 9.17) is 5.73 Å². The van der Waals surface area contributed by atoms with Crippen LogP contribution < -0.4 is 5.73 Å². The van der Waals surface area contributed by atoms with Crippen molar-refractivity contribution in [1.29, 1.82) is 0 Å². The lowest BCUT2D eigenvalue weighted by atomic mass is 9.91. The second-order valence-electron chi connectivity index (χ2n) is 6.11. The van der Waals surface area contributed by atoms with Crippen molar-refractivity contribution < 1.29 is 5.11 Å². The number of allylic oxidation sites excluding steroid dienone is 1. The molecule has 1 aromatic carbocycles. The largest absolute Gasteiger partial charge is 0.388 e. The van der Waals surface area contributed by atoms with Crippen molar-refractivity contribution in [3.63, 3.8) is 0 Å². The van der Waals surface area contributed by atoms with Gasteiger partial charge in [-0.05, 0) is 42.4 Å². The van der Waals surface area contributed by atoms with E-state index in [1.165, 1.54) is 16.7 Å². The Morgan fingerprint density at radius 2 is 1.95 bits per heavy atom. The van der Waals surface area contributed by atoms with Crippen LogP contribution in [0.2, 0.25) is 0 Å².